The SMILES string of the molecule is O=C(O)/C=C/c1ccsc1CNC(=O)C1CCCOC1. The largest absolute Gasteiger partial charge is 0.478 e. The van der Waals surface area contributed by atoms with Gasteiger partial charge in [0.2, 0.25) is 5.91 Å². The van der Waals surface area contributed by atoms with Crippen LogP contribution in [0.1, 0.15) is 23.3 Å². The Balaban J connectivity index is 1.89. The van der Waals surface area contributed by atoms with Crippen molar-refractivity contribution in [3.05, 3.63) is 28.0 Å². The second-order valence-corrected chi connectivity index (χ2v) is 5.60. The van der Waals surface area contributed by atoms with Crippen LogP contribution in [0.2, 0.25) is 0 Å². The second kappa shape index (κ2) is 7.21. The third kappa shape index (κ3) is 4.18. The molecule has 1 unspecified atom stereocenters. The summed E-state index contributed by atoms with van der Waals surface area (Å²) in [5, 5.41) is 13.4. The maximum atomic E-state index is 12.0. The van der Waals surface area contributed by atoms with Crippen LogP contribution < -0.4 is 5.32 Å². The first-order valence-electron chi connectivity index (χ1n) is 6.49. The minimum Gasteiger partial charge on any atom is -0.478 e. The van der Waals surface area contributed by atoms with Crippen molar-refractivity contribution < 1.29 is 19.4 Å². The maximum Gasteiger partial charge on any atom is 0.328 e. The Morgan fingerprint density at radius 2 is 2.40 bits per heavy atom. The third-order valence-electron chi connectivity index (χ3n) is 3.14. The number of nitrogens with one attached hydrogen (secondary N) is 1. The summed E-state index contributed by atoms with van der Waals surface area (Å²) in [6.07, 6.45) is 4.43. The number of carboxylic acid groups (broad SMARTS) is 1. The van der Waals surface area contributed by atoms with E-state index in [1.54, 1.807) is 6.08 Å². The molecule has 0 bridgehead atoms. The van der Waals surface area contributed by atoms with E-state index in [2.05, 4.69) is 5.32 Å². The van der Waals surface area contributed by atoms with Gasteiger partial charge in [-0.05, 0) is 35.9 Å². The molecule has 1 aliphatic heterocycles. The molecule has 1 amide bonds. The Bertz CT molecular complexity index is 503. The Kier molecular flexibility index (Phi) is 5.31. The Morgan fingerprint density at radius 3 is 3.10 bits per heavy atom. The van der Waals surface area contributed by atoms with Crippen molar-refractivity contribution in [3.8, 4) is 0 Å². The first-order chi connectivity index (χ1) is 9.66. The lowest BCUT2D eigenvalue weighted by molar-refractivity contribution is -0.131. The van der Waals surface area contributed by atoms with Gasteiger partial charge < -0.3 is 15.2 Å². The smallest absolute Gasteiger partial charge is 0.328 e. The quantitative estimate of drug-likeness (QED) is 0.813. The molecule has 1 atom stereocenters. The van der Waals surface area contributed by atoms with Crippen molar-refractivity contribution in [3.63, 3.8) is 0 Å². The van der Waals surface area contributed by atoms with Crippen LogP contribution in [0, 0.1) is 5.92 Å². The van der Waals surface area contributed by atoms with Crippen LogP contribution in [0.25, 0.3) is 6.08 Å². The monoisotopic (exact) mass is 295 g/mol. The molecule has 0 aliphatic carbocycles. The summed E-state index contributed by atoms with van der Waals surface area (Å²) in [5.74, 6) is -1.04. The van der Waals surface area contributed by atoms with Crippen LogP contribution in [-0.2, 0) is 20.9 Å². The highest BCUT2D eigenvalue weighted by molar-refractivity contribution is 7.10. The normalized spacial score (nSPS) is 19.1. The van der Waals surface area contributed by atoms with E-state index in [4.69, 9.17) is 9.84 Å². The van der Waals surface area contributed by atoms with Gasteiger partial charge in [-0.3, -0.25) is 4.79 Å². The van der Waals surface area contributed by atoms with E-state index in [0.29, 0.717) is 13.2 Å². The molecule has 5 nitrogen and oxygen atoms in total. The number of aliphatic carboxylic acids is 1. The summed E-state index contributed by atoms with van der Waals surface area (Å²) in [6, 6.07) is 1.84. The maximum absolute atomic E-state index is 12.0. The minimum absolute atomic E-state index is 0.00580. The molecule has 1 aromatic rings. The van der Waals surface area contributed by atoms with E-state index >= 15 is 0 Å². The summed E-state index contributed by atoms with van der Waals surface area (Å²) in [4.78, 5) is 23.4. The molecule has 20 heavy (non-hydrogen) atoms. The van der Waals surface area contributed by atoms with Gasteiger partial charge in [0.25, 0.3) is 0 Å². The van der Waals surface area contributed by atoms with Crippen LogP contribution >= 0.6 is 11.3 Å². The van der Waals surface area contributed by atoms with Crippen molar-refractivity contribution >= 4 is 29.3 Å². The van der Waals surface area contributed by atoms with Crippen molar-refractivity contribution in [2.45, 2.75) is 19.4 Å². The Labute approximate surface area is 121 Å². The summed E-state index contributed by atoms with van der Waals surface area (Å²) in [5.41, 5.74) is 0.831. The fraction of sp³-hybridized carbons (Fsp3) is 0.429. The highest BCUT2D eigenvalue weighted by Crippen LogP contribution is 2.19. The van der Waals surface area contributed by atoms with Gasteiger partial charge in [-0.25, -0.2) is 4.79 Å². The molecule has 2 N–H and O–H groups in total. The predicted octanol–water partition coefficient (Wildman–Crippen LogP) is 1.89. The van der Waals surface area contributed by atoms with Gasteiger partial charge in [-0.15, -0.1) is 11.3 Å². The van der Waals surface area contributed by atoms with E-state index in [9.17, 15) is 9.59 Å². The first kappa shape index (κ1) is 14.7. The molecule has 6 heteroatoms. The van der Waals surface area contributed by atoms with Crippen LogP contribution in [0.4, 0.5) is 0 Å². The number of carbonyl (C=O) groups excluding carboxylic acids is 1. The number of carbonyl (C=O) groups is 2. The molecule has 1 aromatic heterocycles. The zero-order chi connectivity index (χ0) is 14.4. The lowest BCUT2D eigenvalue weighted by atomic mass is 10.0. The Hall–Kier alpha value is -1.66. The van der Waals surface area contributed by atoms with Crippen molar-refractivity contribution in [2.75, 3.05) is 13.2 Å². The summed E-state index contributed by atoms with van der Waals surface area (Å²) < 4.78 is 5.29. The topological polar surface area (TPSA) is 75.6 Å². The highest BCUT2D eigenvalue weighted by atomic mass is 32.1. The summed E-state index contributed by atoms with van der Waals surface area (Å²) in [6.45, 7) is 1.65. The van der Waals surface area contributed by atoms with Gasteiger partial charge in [0.1, 0.15) is 0 Å². The molecule has 0 spiro atoms. The number of rotatable bonds is 5. The standard InChI is InChI=1S/C14H17NO4S/c16-13(17)4-3-10-5-7-20-12(10)8-15-14(18)11-2-1-6-19-9-11/h3-5,7,11H,1-2,6,8-9H2,(H,15,18)(H,16,17)/b4-3+. The second-order valence-electron chi connectivity index (χ2n) is 4.60. The highest BCUT2D eigenvalue weighted by Gasteiger charge is 2.21. The van der Waals surface area contributed by atoms with Crippen LogP contribution in [0.5, 0.6) is 0 Å². The van der Waals surface area contributed by atoms with Crippen LogP contribution in [-0.4, -0.2) is 30.2 Å². The summed E-state index contributed by atoms with van der Waals surface area (Å²) >= 11 is 1.50. The van der Waals surface area contributed by atoms with E-state index in [-0.39, 0.29) is 11.8 Å². The number of carboxylic acids is 1. The van der Waals surface area contributed by atoms with Gasteiger partial charge in [0.05, 0.1) is 19.1 Å². The van der Waals surface area contributed by atoms with Crippen molar-refractivity contribution in [1.29, 1.82) is 0 Å². The number of hydrogen-bond donors (Lipinski definition) is 2. The Morgan fingerprint density at radius 1 is 1.55 bits per heavy atom. The molecule has 1 fully saturated rings. The van der Waals surface area contributed by atoms with Crippen LogP contribution in [0.3, 0.4) is 0 Å². The fourth-order valence-corrected chi connectivity index (χ4v) is 2.87. The average molecular weight is 295 g/mol. The first-order valence-corrected chi connectivity index (χ1v) is 7.37. The molecule has 1 aliphatic rings. The molecule has 108 valence electrons. The lowest BCUT2D eigenvalue weighted by Gasteiger charge is -2.21. The molecule has 2 heterocycles. The minimum atomic E-state index is -0.981. The van der Waals surface area contributed by atoms with E-state index in [0.717, 1.165) is 36.0 Å². The molecular formula is C14H17NO4S. The van der Waals surface area contributed by atoms with Gasteiger partial charge in [0, 0.05) is 17.6 Å². The molecule has 0 aromatic carbocycles. The zero-order valence-electron chi connectivity index (χ0n) is 11.0. The number of amides is 1. The van der Waals surface area contributed by atoms with Crippen molar-refractivity contribution in [1.82, 2.24) is 5.32 Å². The lowest BCUT2D eigenvalue weighted by Crippen LogP contribution is -2.35. The molecule has 0 radical (unpaired) electrons. The van der Waals surface area contributed by atoms with Gasteiger partial charge in [-0.1, -0.05) is 0 Å². The zero-order valence-corrected chi connectivity index (χ0v) is 11.8. The van der Waals surface area contributed by atoms with E-state index in [1.165, 1.54) is 11.3 Å². The van der Waals surface area contributed by atoms with Gasteiger partial charge in [0.15, 0.2) is 0 Å². The van der Waals surface area contributed by atoms with E-state index in [1.807, 2.05) is 11.4 Å². The summed E-state index contributed by atoms with van der Waals surface area (Å²) in [7, 11) is 0. The van der Waals surface area contributed by atoms with Gasteiger partial charge >= 0.3 is 5.97 Å². The van der Waals surface area contributed by atoms with E-state index < -0.39 is 5.97 Å². The number of ether oxygens (including phenoxy) is 1. The molecule has 1 saturated heterocycles. The number of thiophene rings is 1. The molecular weight excluding hydrogens is 278 g/mol. The number of hydrogen-bond acceptors (Lipinski definition) is 4. The van der Waals surface area contributed by atoms with Gasteiger partial charge in [-0.2, -0.15) is 0 Å². The average Bonchev–Trinajstić information content (AvgIpc) is 2.91. The molecule has 0 saturated carbocycles. The predicted molar refractivity (Wildman–Crippen MR) is 76.4 cm³/mol. The molecule has 2 rings (SSSR count). The van der Waals surface area contributed by atoms with Crippen molar-refractivity contribution in [2.24, 2.45) is 5.92 Å². The third-order valence-corrected chi connectivity index (χ3v) is 4.08. The fourth-order valence-electron chi connectivity index (χ4n) is 2.06. The van der Waals surface area contributed by atoms with Crippen LogP contribution in [0.15, 0.2) is 17.5 Å².